The monoisotopic (exact) mass is 295 g/mol. The maximum atomic E-state index is 12.0. The van der Waals surface area contributed by atoms with Gasteiger partial charge in [0.2, 0.25) is 5.91 Å². The summed E-state index contributed by atoms with van der Waals surface area (Å²) >= 11 is 3.56. The number of benzene rings is 1. The zero-order chi connectivity index (χ0) is 12.0. The van der Waals surface area contributed by atoms with E-state index in [1.54, 1.807) is 0 Å². The van der Waals surface area contributed by atoms with Crippen molar-refractivity contribution in [1.82, 2.24) is 5.32 Å². The van der Waals surface area contributed by atoms with Crippen LogP contribution in [-0.2, 0) is 4.79 Å². The molecule has 0 bridgehead atoms. The first kappa shape index (κ1) is 11.0. The smallest absolute Gasteiger partial charge is 0.241 e. The molecule has 0 aliphatic carbocycles. The SMILES string of the molecule is CN1CC2CNCC(=O)N2c2cccc(Br)c21. The minimum absolute atomic E-state index is 0.161. The van der Waals surface area contributed by atoms with E-state index in [1.165, 1.54) is 0 Å². The maximum absolute atomic E-state index is 12.0. The lowest BCUT2D eigenvalue weighted by Gasteiger charge is -2.44. The van der Waals surface area contributed by atoms with E-state index in [4.69, 9.17) is 0 Å². The number of likely N-dealkylation sites (N-methyl/N-ethyl adjacent to an activating group) is 1. The zero-order valence-electron chi connectivity index (χ0n) is 9.61. The summed E-state index contributed by atoms with van der Waals surface area (Å²) in [6.45, 7) is 2.17. The molecular formula is C12H14BrN3O. The van der Waals surface area contributed by atoms with Gasteiger partial charge >= 0.3 is 0 Å². The van der Waals surface area contributed by atoms with Gasteiger partial charge in [-0.2, -0.15) is 0 Å². The third kappa shape index (κ3) is 1.65. The van der Waals surface area contributed by atoms with Crippen LogP contribution in [0.25, 0.3) is 0 Å². The second-order valence-corrected chi connectivity index (χ2v) is 5.39. The molecule has 1 atom stereocenters. The molecule has 0 radical (unpaired) electrons. The lowest BCUT2D eigenvalue weighted by atomic mass is 10.1. The number of fused-ring (bicyclic) bond motifs is 3. The van der Waals surface area contributed by atoms with E-state index < -0.39 is 0 Å². The highest BCUT2D eigenvalue weighted by Crippen LogP contribution is 2.40. The van der Waals surface area contributed by atoms with Crippen LogP contribution >= 0.6 is 15.9 Å². The van der Waals surface area contributed by atoms with Crippen LogP contribution in [0.1, 0.15) is 0 Å². The molecule has 1 fully saturated rings. The number of para-hydroxylation sites is 1. The van der Waals surface area contributed by atoms with E-state index in [-0.39, 0.29) is 11.9 Å². The minimum Gasteiger partial charge on any atom is -0.370 e. The fourth-order valence-electron chi connectivity index (χ4n) is 2.69. The van der Waals surface area contributed by atoms with Gasteiger partial charge < -0.3 is 15.1 Å². The molecule has 1 aromatic rings. The summed E-state index contributed by atoms with van der Waals surface area (Å²) in [5.74, 6) is 0.161. The number of amides is 1. The Morgan fingerprint density at radius 3 is 3.12 bits per heavy atom. The molecule has 0 aromatic heterocycles. The van der Waals surface area contributed by atoms with Crippen LogP contribution in [0.2, 0.25) is 0 Å². The number of piperazine rings is 1. The highest BCUT2D eigenvalue weighted by molar-refractivity contribution is 9.10. The predicted molar refractivity (Wildman–Crippen MR) is 71.6 cm³/mol. The van der Waals surface area contributed by atoms with Crippen molar-refractivity contribution < 1.29 is 4.79 Å². The van der Waals surface area contributed by atoms with Gasteiger partial charge in [0.05, 0.1) is 24.0 Å². The van der Waals surface area contributed by atoms with Crippen molar-refractivity contribution in [2.24, 2.45) is 0 Å². The second-order valence-electron chi connectivity index (χ2n) is 4.54. The van der Waals surface area contributed by atoms with E-state index in [0.717, 1.165) is 28.9 Å². The van der Waals surface area contributed by atoms with Gasteiger partial charge in [-0.25, -0.2) is 0 Å². The molecule has 2 aliphatic heterocycles. The molecule has 1 N–H and O–H groups in total. The Labute approximate surface area is 109 Å². The first-order chi connectivity index (χ1) is 8.18. The van der Waals surface area contributed by atoms with Crippen molar-refractivity contribution in [2.45, 2.75) is 6.04 Å². The first-order valence-corrected chi connectivity index (χ1v) is 6.50. The quantitative estimate of drug-likeness (QED) is 0.781. The highest BCUT2D eigenvalue weighted by atomic mass is 79.9. The van der Waals surface area contributed by atoms with E-state index in [0.29, 0.717) is 6.54 Å². The molecular weight excluding hydrogens is 282 g/mol. The lowest BCUT2D eigenvalue weighted by Crippen LogP contribution is -2.61. The average Bonchev–Trinajstić information content (AvgIpc) is 2.28. The minimum atomic E-state index is 0.161. The van der Waals surface area contributed by atoms with Crippen LogP contribution < -0.4 is 15.1 Å². The normalized spacial score (nSPS) is 23.4. The summed E-state index contributed by atoms with van der Waals surface area (Å²) in [5, 5.41) is 3.17. The molecule has 5 heteroatoms. The Hall–Kier alpha value is -1.07. The van der Waals surface area contributed by atoms with Gasteiger partial charge in [0.15, 0.2) is 0 Å². The average molecular weight is 296 g/mol. The fourth-order valence-corrected chi connectivity index (χ4v) is 3.35. The van der Waals surface area contributed by atoms with Crippen LogP contribution in [0.15, 0.2) is 22.7 Å². The molecule has 17 heavy (non-hydrogen) atoms. The Morgan fingerprint density at radius 2 is 2.29 bits per heavy atom. The van der Waals surface area contributed by atoms with Crippen molar-refractivity contribution in [3.05, 3.63) is 22.7 Å². The highest BCUT2D eigenvalue weighted by Gasteiger charge is 2.36. The Kier molecular flexibility index (Phi) is 2.60. The number of carbonyl (C=O) groups is 1. The summed E-state index contributed by atoms with van der Waals surface area (Å²) in [4.78, 5) is 16.2. The Bertz CT molecular complexity index is 477. The molecule has 0 spiro atoms. The largest absolute Gasteiger partial charge is 0.370 e. The van der Waals surface area contributed by atoms with Crippen LogP contribution in [0, 0.1) is 0 Å². The standard InChI is InChI=1S/C12H14BrN3O/c1-15-7-8-5-14-6-11(17)16(8)10-4-2-3-9(13)12(10)15/h2-4,8,14H,5-7H2,1H3. The number of nitrogens with one attached hydrogen (secondary N) is 1. The van der Waals surface area contributed by atoms with Gasteiger partial charge in [0, 0.05) is 24.6 Å². The Morgan fingerprint density at radius 1 is 1.47 bits per heavy atom. The fraction of sp³-hybridized carbons (Fsp3) is 0.417. The second kappa shape index (κ2) is 3.99. The number of carbonyl (C=O) groups excluding carboxylic acids is 1. The van der Waals surface area contributed by atoms with Crippen molar-refractivity contribution in [3.63, 3.8) is 0 Å². The van der Waals surface area contributed by atoms with Crippen LogP contribution in [0.5, 0.6) is 0 Å². The Balaban J connectivity index is 2.14. The third-order valence-corrected chi connectivity index (χ3v) is 4.02. The lowest BCUT2D eigenvalue weighted by molar-refractivity contribution is -0.119. The van der Waals surface area contributed by atoms with Crippen molar-refractivity contribution in [1.29, 1.82) is 0 Å². The van der Waals surface area contributed by atoms with Gasteiger partial charge in [0.1, 0.15) is 0 Å². The number of hydrogen-bond acceptors (Lipinski definition) is 3. The number of anilines is 2. The van der Waals surface area contributed by atoms with Crippen molar-refractivity contribution in [2.75, 3.05) is 36.5 Å². The summed E-state index contributed by atoms with van der Waals surface area (Å²) in [5.41, 5.74) is 2.13. The van der Waals surface area contributed by atoms with Crippen LogP contribution in [0.3, 0.4) is 0 Å². The maximum Gasteiger partial charge on any atom is 0.241 e. The summed E-state index contributed by atoms with van der Waals surface area (Å²) in [6, 6.07) is 6.26. The summed E-state index contributed by atoms with van der Waals surface area (Å²) in [6.07, 6.45) is 0. The third-order valence-electron chi connectivity index (χ3n) is 3.38. The van der Waals surface area contributed by atoms with Gasteiger partial charge in [-0.1, -0.05) is 6.07 Å². The van der Waals surface area contributed by atoms with Gasteiger partial charge in [-0.15, -0.1) is 0 Å². The van der Waals surface area contributed by atoms with Crippen LogP contribution in [-0.4, -0.2) is 38.6 Å². The molecule has 1 amide bonds. The van der Waals surface area contributed by atoms with Crippen molar-refractivity contribution in [3.8, 4) is 0 Å². The molecule has 1 unspecified atom stereocenters. The van der Waals surface area contributed by atoms with Gasteiger partial charge in [0.25, 0.3) is 0 Å². The van der Waals surface area contributed by atoms with E-state index in [2.05, 4.69) is 33.2 Å². The molecule has 90 valence electrons. The summed E-state index contributed by atoms with van der Waals surface area (Å²) < 4.78 is 1.04. The molecule has 2 heterocycles. The molecule has 0 saturated carbocycles. The van der Waals surface area contributed by atoms with E-state index in [1.807, 2.05) is 23.1 Å². The molecule has 1 saturated heterocycles. The van der Waals surface area contributed by atoms with E-state index in [9.17, 15) is 4.79 Å². The number of halogens is 1. The zero-order valence-corrected chi connectivity index (χ0v) is 11.2. The molecule has 1 aromatic carbocycles. The molecule has 4 nitrogen and oxygen atoms in total. The number of nitrogens with zero attached hydrogens (tertiary/aromatic N) is 2. The van der Waals surface area contributed by atoms with Gasteiger partial charge in [-0.05, 0) is 28.1 Å². The predicted octanol–water partition coefficient (Wildman–Crippen LogP) is 1.20. The molecule has 2 aliphatic rings. The topological polar surface area (TPSA) is 35.6 Å². The number of rotatable bonds is 0. The van der Waals surface area contributed by atoms with Crippen LogP contribution in [0.4, 0.5) is 11.4 Å². The first-order valence-electron chi connectivity index (χ1n) is 5.71. The van der Waals surface area contributed by atoms with Crippen molar-refractivity contribution >= 4 is 33.2 Å². The van der Waals surface area contributed by atoms with E-state index >= 15 is 0 Å². The van der Waals surface area contributed by atoms with Gasteiger partial charge in [-0.3, -0.25) is 4.79 Å². The summed E-state index contributed by atoms with van der Waals surface area (Å²) in [7, 11) is 2.07. The molecule has 3 rings (SSSR count). The number of hydrogen-bond donors (Lipinski definition) is 1.